The summed E-state index contributed by atoms with van der Waals surface area (Å²) in [5, 5.41) is 21.8. The molecule has 0 saturated heterocycles. The average molecular weight is 1720 g/mol. The first-order valence-corrected chi connectivity index (χ1v) is 46.3. The van der Waals surface area contributed by atoms with Crippen LogP contribution < -0.4 is 0 Å². The van der Waals surface area contributed by atoms with Crippen LogP contribution >= 0.6 is 0 Å². The molecule has 0 fully saturated rings. The minimum absolute atomic E-state index is 0.912. The van der Waals surface area contributed by atoms with Crippen molar-refractivity contribution < 1.29 is 13.3 Å². The standard InChI is InChI=1S/3C44H28O/c1-2-15-29(16-3-1)30-17-4-6-20-33(30)42-35-22-8-10-24-37(35)43(38-25-11-9-23-36(38)42)34-21-7-5-18-31(34)39-26-14-27-40-32-19-12-13-28-41(32)45-44(39)40;1-2-14-29(15-3-1)32-18-4-5-20-35(32)43-38-23-8-6-21-36(38)42(37-22-7-9-24-39(37)43)31-17-12-16-30(28-31)33-25-13-26-40-34-19-10-11-27-41(34)45-44(33)40;1-2-13-29(14-3-1)32-15-4-5-17-35(32)43-38-20-8-6-18-36(38)42(37-19-7-9-21-39(37)43)31-27-25-30(26-28-31)33-22-12-23-40-34-16-10-11-24-41(34)45-44(33)40/h3*1-28H. The second-order valence-corrected chi connectivity index (χ2v) is 34.8. The molecule has 0 unspecified atom stereocenters. The molecule has 0 radical (unpaired) electrons. The molecule has 0 bridgehead atoms. The van der Waals surface area contributed by atoms with Crippen LogP contribution in [0.5, 0.6) is 0 Å². The Morgan fingerprint density at radius 1 is 0.0963 bits per heavy atom. The zero-order valence-corrected chi connectivity index (χ0v) is 73.7. The van der Waals surface area contributed by atoms with E-state index >= 15 is 0 Å². The van der Waals surface area contributed by atoms with Crippen molar-refractivity contribution >= 4 is 130 Å². The zero-order chi connectivity index (χ0) is 89.2. The van der Waals surface area contributed by atoms with Crippen LogP contribution in [0.4, 0.5) is 0 Å². The Morgan fingerprint density at radius 3 is 0.622 bits per heavy atom. The first kappa shape index (κ1) is 79.4. The van der Waals surface area contributed by atoms with Crippen LogP contribution in [0.15, 0.2) is 523 Å². The fourth-order valence-corrected chi connectivity index (χ4v) is 21.4. The maximum absolute atomic E-state index is 6.54. The molecule has 0 saturated carbocycles. The molecule has 3 heteroatoms. The van der Waals surface area contributed by atoms with Gasteiger partial charge in [0.1, 0.15) is 33.5 Å². The molecule has 0 spiro atoms. The number of furan rings is 3. The Morgan fingerprint density at radius 2 is 0.289 bits per heavy atom. The monoisotopic (exact) mass is 1720 g/mol. The molecule has 24 aromatic carbocycles. The smallest absolute Gasteiger partial charge is 0.143 e. The van der Waals surface area contributed by atoms with Gasteiger partial charge in [0.25, 0.3) is 0 Å². The maximum Gasteiger partial charge on any atom is 0.143 e. The quantitative estimate of drug-likeness (QED) is 0.114. The van der Waals surface area contributed by atoms with E-state index < -0.39 is 0 Å². The van der Waals surface area contributed by atoms with Crippen LogP contribution in [-0.4, -0.2) is 0 Å². The summed E-state index contributed by atoms with van der Waals surface area (Å²) >= 11 is 0. The van der Waals surface area contributed by atoms with Gasteiger partial charge in [0, 0.05) is 49.0 Å². The number of para-hydroxylation sites is 6. The summed E-state index contributed by atoms with van der Waals surface area (Å²) in [6.07, 6.45) is 0. The molecule has 3 aromatic heterocycles. The van der Waals surface area contributed by atoms with Crippen LogP contribution in [0.3, 0.4) is 0 Å². The summed E-state index contributed by atoms with van der Waals surface area (Å²) in [6, 6.07) is 183. The summed E-state index contributed by atoms with van der Waals surface area (Å²) in [7, 11) is 0. The lowest BCUT2D eigenvalue weighted by molar-refractivity contribution is 0.669. The lowest BCUT2D eigenvalue weighted by atomic mass is 9.82. The highest BCUT2D eigenvalue weighted by molar-refractivity contribution is 6.27. The summed E-state index contributed by atoms with van der Waals surface area (Å²) in [5.41, 5.74) is 34.6. The molecule has 27 rings (SSSR count). The van der Waals surface area contributed by atoms with Crippen LogP contribution in [0.2, 0.25) is 0 Å². The van der Waals surface area contributed by atoms with Crippen molar-refractivity contribution in [1.82, 2.24) is 0 Å². The van der Waals surface area contributed by atoms with Gasteiger partial charge >= 0.3 is 0 Å². The lowest BCUT2D eigenvalue weighted by Gasteiger charge is -2.21. The molecule has 630 valence electrons. The van der Waals surface area contributed by atoms with E-state index in [1.165, 1.54) is 165 Å². The first-order valence-electron chi connectivity index (χ1n) is 46.3. The fraction of sp³-hybridized carbons (Fsp3) is 0. The van der Waals surface area contributed by atoms with E-state index in [9.17, 15) is 0 Å². The van der Waals surface area contributed by atoms with Gasteiger partial charge in [0.15, 0.2) is 0 Å². The van der Waals surface area contributed by atoms with E-state index in [0.29, 0.717) is 0 Å². The number of fused-ring (bicyclic) bond motifs is 15. The molecule has 27 aromatic rings. The van der Waals surface area contributed by atoms with Crippen molar-refractivity contribution in [2.75, 3.05) is 0 Å². The third kappa shape index (κ3) is 13.8. The Kier molecular flexibility index (Phi) is 20.0. The van der Waals surface area contributed by atoms with Gasteiger partial charge < -0.3 is 13.3 Å². The van der Waals surface area contributed by atoms with Gasteiger partial charge in [0.2, 0.25) is 0 Å². The van der Waals surface area contributed by atoms with Gasteiger partial charge in [-0.15, -0.1) is 0 Å². The molecule has 135 heavy (non-hydrogen) atoms. The summed E-state index contributed by atoms with van der Waals surface area (Å²) in [4.78, 5) is 0. The van der Waals surface area contributed by atoms with Crippen molar-refractivity contribution in [3.8, 4) is 134 Å². The Hall–Kier alpha value is -17.8. The van der Waals surface area contributed by atoms with Crippen molar-refractivity contribution in [3.05, 3.63) is 510 Å². The lowest BCUT2D eigenvalue weighted by Crippen LogP contribution is -1.94. The van der Waals surface area contributed by atoms with Crippen molar-refractivity contribution in [2.45, 2.75) is 0 Å². The summed E-state index contributed by atoms with van der Waals surface area (Å²) in [6.45, 7) is 0. The molecule has 0 amide bonds. The minimum Gasteiger partial charge on any atom is -0.455 e. The molecule has 0 aliphatic rings. The Labute approximate surface area is 781 Å². The van der Waals surface area contributed by atoms with Gasteiger partial charge in [-0.05, 0) is 206 Å². The van der Waals surface area contributed by atoms with E-state index in [-0.39, 0.29) is 0 Å². The van der Waals surface area contributed by atoms with Gasteiger partial charge in [-0.1, -0.05) is 485 Å². The predicted molar refractivity (Wildman–Crippen MR) is 571 cm³/mol. The van der Waals surface area contributed by atoms with Gasteiger partial charge in [0.05, 0.1) is 0 Å². The van der Waals surface area contributed by atoms with E-state index in [2.05, 4.69) is 479 Å². The topological polar surface area (TPSA) is 39.4 Å². The number of rotatable bonds is 12. The van der Waals surface area contributed by atoms with E-state index in [1.54, 1.807) is 0 Å². The van der Waals surface area contributed by atoms with Crippen LogP contribution in [-0.2, 0) is 0 Å². The minimum atomic E-state index is 0.912. The number of hydrogen-bond donors (Lipinski definition) is 0. The molecule has 0 atom stereocenters. The third-order valence-electron chi connectivity index (χ3n) is 27.3. The van der Waals surface area contributed by atoms with E-state index in [1.807, 2.05) is 30.3 Å². The zero-order valence-electron chi connectivity index (χ0n) is 73.7. The first-order chi connectivity index (χ1) is 67.1. The van der Waals surface area contributed by atoms with Crippen LogP contribution in [0.25, 0.3) is 264 Å². The Balaban J connectivity index is 0.000000108. The summed E-state index contributed by atoms with van der Waals surface area (Å²) in [5.74, 6) is 0. The van der Waals surface area contributed by atoms with Gasteiger partial charge in [-0.3, -0.25) is 0 Å². The third-order valence-corrected chi connectivity index (χ3v) is 27.3. The molecule has 0 aliphatic heterocycles. The largest absolute Gasteiger partial charge is 0.455 e. The molecular weight excluding hydrogens is 1630 g/mol. The molecule has 0 N–H and O–H groups in total. The highest BCUT2D eigenvalue weighted by atomic mass is 16.3. The van der Waals surface area contributed by atoms with Crippen molar-refractivity contribution in [3.63, 3.8) is 0 Å². The normalized spacial score (nSPS) is 11.6. The van der Waals surface area contributed by atoms with Crippen molar-refractivity contribution in [1.29, 1.82) is 0 Å². The number of benzene rings is 24. The second-order valence-electron chi connectivity index (χ2n) is 34.8. The van der Waals surface area contributed by atoms with Gasteiger partial charge in [-0.25, -0.2) is 0 Å². The molecule has 3 nitrogen and oxygen atoms in total. The van der Waals surface area contributed by atoms with E-state index in [4.69, 9.17) is 13.3 Å². The van der Waals surface area contributed by atoms with Gasteiger partial charge in [-0.2, -0.15) is 0 Å². The fourth-order valence-electron chi connectivity index (χ4n) is 21.4. The highest BCUT2D eigenvalue weighted by Gasteiger charge is 2.27. The van der Waals surface area contributed by atoms with Crippen molar-refractivity contribution in [2.24, 2.45) is 0 Å². The SMILES string of the molecule is c1ccc(-c2ccccc2-c2c3ccccc3c(-c3ccc(-c4cccc5c4oc4ccccc45)cc3)c3ccccc23)cc1.c1ccc(-c2ccccc2-c2c3ccccc3c(-c3cccc(-c4cccc5c4oc4ccccc45)c3)c3ccccc23)cc1.c1ccc(-c2ccccc2-c2c3ccccc3c(-c3ccccc3-c3cccc4c3oc3ccccc34)c3ccccc23)cc1. The second kappa shape index (κ2) is 33.9. The highest BCUT2D eigenvalue weighted by Crippen LogP contribution is 2.53. The number of hydrogen-bond acceptors (Lipinski definition) is 3. The molecule has 0 aliphatic carbocycles. The van der Waals surface area contributed by atoms with Crippen LogP contribution in [0.1, 0.15) is 0 Å². The molecule has 3 heterocycles. The maximum atomic E-state index is 6.54. The summed E-state index contributed by atoms with van der Waals surface area (Å²) < 4.78 is 19.3. The van der Waals surface area contributed by atoms with Crippen LogP contribution in [0, 0.1) is 0 Å². The predicted octanol–water partition coefficient (Wildman–Crippen LogP) is 37.7. The average Bonchev–Trinajstić information content (AvgIpc) is 1.74. The van der Waals surface area contributed by atoms with E-state index in [0.717, 1.165) is 99.2 Å². The Bertz CT molecular complexity index is 9120. The molecular formula is C132H84O3.